The minimum Gasteiger partial charge on any atom is -0.481 e. The second-order valence-electron chi connectivity index (χ2n) is 4.37. The van der Waals surface area contributed by atoms with Gasteiger partial charge in [-0.15, -0.1) is 0 Å². The van der Waals surface area contributed by atoms with Gasteiger partial charge in [0.2, 0.25) is 0 Å². The van der Waals surface area contributed by atoms with Crippen molar-refractivity contribution in [2.45, 2.75) is 13.3 Å². The number of carboxylic acid groups (broad SMARTS) is 1. The fourth-order valence-corrected chi connectivity index (χ4v) is 2.12. The van der Waals surface area contributed by atoms with Crippen LogP contribution in [-0.2, 0) is 11.8 Å². The smallest absolute Gasteiger partial charge is 0.308 e. The fourth-order valence-electron chi connectivity index (χ4n) is 2.12. The lowest BCUT2D eigenvalue weighted by molar-refractivity contribution is -0.141. The molecule has 1 aliphatic rings. The number of carboxylic acids is 1. The molecule has 0 unspecified atom stereocenters. The summed E-state index contributed by atoms with van der Waals surface area (Å²) in [7, 11) is 1.71. The molecule has 92 valence electrons. The third-order valence-corrected chi connectivity index (χ3v) is 3.05. The quantitative estimate of drug-likeness (QED) is 0.801. The summed E-state index contributed by atoms with van der Waals surface area (Å²) in [4.78, 5) is 24.5. The van der Waals surface area contributed by atoms with Gasteiger partial charge in [0, 0.05) is 20.1 Å². The number of rotatable bonds is 2. The number of aliphatic carboxylic acids is 1. The number of aromatic nitrogens is 2. The summed E-state index contributed by atoms with van der Waals surface area (Å²) in [5, 5.41) is 13.0. The van der Waals surface area contributed by atoms with Crippen LogP contribution in [0.15, 0.2) is 6.07 Å². The van der Waals surface area contributed by atoms with Gasteiger partial charge in [-0.2, -0.15) is 5.10 Å². The second-order valence-corrected chi connectivity index (χ2v) is 4.37. The highest BCUT2D eigenvalue weighted by atomic mass is 16.4. The van der Waals surface area contributed by atoms with E-state index in [1.807, 2.05) is 6.92 Å². The number of aryl methyl sites for hydroxylation is 2. The zero-order valence-electron chi connectivity index (χ0n) is 9.88. The van der Waals surface area contributed by atoms with E-state index in [-0.39, 0.29) is 5.91 Å². The number of carbonyl (C=O) groups excluding carboxylic acids is 1. The van der Waals surface area contributed by atoms with Gasteiger partial charge in [0.25, 0.3) is 5.91 Å². The van der Waals surface area contributed by atoms with E-state index in [1.54, 1.807) is 18.0 Å². The first-order chi connectivity index (χ1) is 7.99. The molecule has 0 radical (unpaired) electrons. The molecule has 0 saturated carbocycles. The van der Waals surface area contributed by atoms with Crippen LogP contribution < -0.4 is 0 Å². The molecule has 2 rings (SSSR count). The molecular formula is C11H15N3O3. The van der Waals surface area contributed by atoms with Crippen LogP contribution in [-0.4, -0.2) is 44.8 Å². The van der Waals surface area contributed by atoms with Crippen molar-refractivity contribution >= 4 is 11.9 Å². The van der Waals surface area contributed by atoms with Crippen molar-refractivity contribution in [1.82, 2.24) is 14.7 Å². The largest absolute Gasteiger partial charge is 0.481 e. The lowest BCUT2D eigenvalue weighted by atomic mass is 10.1. The first-order valence-electron chi connectivity index (χ1n) is 5.51. The number of hydrogen-bond acceptors (Lipinski definition) is 3. The Balaban J connectivity index is 2.12. The Morgan fingerprint density at radius 1 is 1.53 bits per heavy atom. The van der Waals surface area contributed by atoms with Gasteiger partial charge in [-0.25, -0.2) is 0 Å². The molecule has 0 aromatic carbocycles. The minimum atomic E-state index is -0.832. The third kappa shape index (κ3) is 2.15. The molecule has 17 heavy (non-hydrogen) atoms. The zero-order valence-corrected chi connectivity index (χ0v) is 9.88. The van der Waals surface area contributed by atoms with E-state index in [9.17, 15) is 9.59 Å². The van der Waals surface area contributed by atoms with Crippen molar-refractivity contribution in [3.63, 3.8) is 0 Å². The van der Waals surface area contributed by atoms with E-state index >= 15 is 0 Å². The predicted octanol–water partition coefficient (Wildman–Crippen LogP) is 0.275. The van der Waals surface area contributed by atoms with Gasteiger partial charge in [-0.1, -0.05) is 0 Å². The van der Waals surface area contributed by atoms with Crippen LogP contribution in [0.1, 0.15) is 22.6 Å². The zero-order chi connectivity index (χ0) is 12.6. The number of nitrogens with zero attached hydrogens (tertiary/aromatic N) is 3. The Morgan fingerprint density at radius 3 is 2.71 bits per heavy atom. The van der Waals surface area contributed by atoms with Gasteiger partial charge in [-0.3, -0.25) is 14.3 Å². The van der Waals surface area contributed by atoms with E-state index in [2.05, 4.69) is 5.10 Å². The Morgan fingerprint density at radius 2 is 2.24 bits per heavy atom. The monoisotopic (exact) mass is 237 g/mol. The number of likely N-dealkylation sites (tertiary alicyclic amines) is 1. The SMILES string of the molecule is Cc1cc(C(=O)N2CC[C@@H](C(=O)O)C2)n(C)n1. The molecule has 1 N–H and O–H groups in total. The Hall–Kier alpha value is -1.85. The maximum atomic E-state index is 12.1. The second kappa shape index (κ2) is 4.20. The lowest BCUT2D eigenvalue weighted by Gasteiger charge is -2.15. The number of hydrogen-bond donors (Lipinski definition) is 1. The summed E-state index contributed by atoms with van der Waals surface area (Å²) in [6.45, 7) is 2.61. The molecule has 1 aliphatic heterocycles. The van der Waals surface area contributed by atoms with E-state index in [4.69, 9.17) is 5.11 Å². The van der Waals surface area contributed by atoms with Crippen LogP contribution >= 0.6 is 0 Å². The third-order valence-electron chi connectivity index (χ3n) is 3.05. The van der Waals surface area contributed by atoms with E-state index < -0.39 is 11.9 Å². The van der Waals surface area contributed by atoms with Crippen molar-refractivity contribution in [2.75, 3.05) is 13.1 Å². The molecule has 2 heterocycles. The van der Waals surface area contributed by atoms with Crippen LogP contribution in [0, 0.1) is 12.8 Å². The summed E-state index contributed by atoms with van der Waals surface area (Å²) < 4.78 is 1.53. The lowest BCUT2D eigenvalue weighted by Crippen LogP contribution is -2.31. The first kappa shape index (κ1) is 11.6. The van der Waals surface area contributed by atoms with E-state index in [0.717, 1.165) is 5.69 Å². The molecule has 6 heteroatoms. The molecule has 1 atom stereocenters. The highest BCUT2D eigenvalue weighted by Crippen LogP contribution is 2.19. The summed E-state index contributed by atoms with van der Waals surface area (Å²) in [5.41, 5.74) is 1.29. The van der Waals surface area contributed by atoms with Crippen molar-refractivity contribution < 1.29 is 14.7 Å². The van der Waals surface area contributed by atoms with Gasteiger partial charge in [0.05, 0.1) is 11.6 Å². The topological polar surface area (TPSA) is 75.4 Å². The fraction of sp³-hybridized carbons (Fsp3) is 0.545. The van der Waals surface area contributed by atoms with Crippen LogP contribution in [0.25, 0.3) is 0 Å². The predicted molar refractivity (Wildman–Crippen MR) is 59.6 cm³/mol. The highest BCUT2D eigenvalue weighted by molar-refractivity contribution is 5.93. The van der Waals surface area contributed by atoms with Crippen LogP contribution in [0.4, 0.5) is 0 Å². The van der Waals surface area contributed by atoms with E-state index in [1.165, 1.54) is 4.68 Å². The number of carbonyl (C=O) groups is 2. The highest BCUT2D eigenvalue weighted by Gasteiger charge is 2.32. The molecular weight excluding hydrogens is 222 g/mol. The van der Waals surface area contributed by atoms with Crippen molar-refractivity contribution in [3.05, 3.63) is 17.5 Å². The van der Waals surface area contributed by atoms with Crippen molar-refractivity contribution in [1.29, 1.82) is 0 Å². The Kier molecular flexibility index (Phi) is 2.87. The molecule has 0 bridgehead atoms. The average molecular weight is 237 g/mol. The molecule has 1 aromatic rings. The van der Waals surface area contributed by atoms with Gasteiger partial charge >= 0.3 is 5.97 Å². The van der Waals surface area contributed by atoms with E-state index in [0.29, 0.717) is 25.2 Å². The Labute approximate surface area is 98.8 Å². The molecule has 1 aromatic heterocycles. The first-order valence-corrected chi connectivity index (χ1v) is 5.51. The van der Waals surface area contributed by atoms with Crippen molar-refractivity contribution in [2.24, 2.45) is 13.0 Å². The molecule has 1 saturated heterocycles. The van der Waals surface area contributed by atoms with Crippen LogP contribution in [0.3, 0.4) is 0 Å². The van der Waals surface area contributed by atoms with Gasteiger partial charge < -0.3 is 10.0 Å². The van der Waals surface area contributed by atoms with Crippen molar-refractivity contribution in [3.8, 4) is 0 Å². The Bertz CT molecular complexity index is 467. The van der Waals surface area contributed by atoms with Gasteiger partial charge in [0.15, 0.2) is 0 Å². The average Bonchev–Trinajstić information content (AvgIpc) is 2.84. The van der Waals surface area contributed by atoms with Crippen LogP contribution in [0.2, 0.25) is 0 Å². The number of amides is 1. The van der Waals surface area contributed by atoms with Gasteiger partial charge in [-0.05, 0) is 19.4 Å². The molecule has 0 aliphatic carbocycles. The molecule has 1 fully saturated rings. The normalized spacial score (nSPS) is 19.6. The summed E-state index contributed by atoms with van der Waals surface area (Å²) in [6.07, 6.45) is 0.526. The minimum absolute atomic E-state index is 0.142. The summed E-state index contributed by atoms with van der Waals surface area (Å²) in [6, 6.07) is 1.72. The molecule has 1 amide bonds. The molecule has 0 spiro atoms. The summed E-state index contributed by atoms with van der Waals surface area (Å²) in [5.74, 6) is -1.41. The molecule has 6 nitrogen and oxygen atoms in total. The van der Waals surface area contributed by atoms with Gasteiger partial charge in [0.1, 0.15) is 5.69 Å². The standard InChI is InChI=1S/C11H15N3O3/c1-7-5-9(13(2)12-7)10(15)14-4-3-8(6-14)11(16)17/h5,8H,3-4,6H2,1-2H3,(H,16,17)/t8-/m1/s1. The maximum Gasteiger partial charge on any atom is 0.308 e. The summed E-state index contributed by atoms with van der Waals surface area (Å²) >= 11 is 0. The van der Waals surface area contributed by atoms with Crippen LogP contribution in [0.5, 0.6) is 0 Å². The maximum absolute atomic E-state index is 12.1.